The Bertz CT molecular complexity index is 756. The molecule has 1 heterocycles. The number of hydrogen-bond acceptors (Lipinski definition) is 4. The van der Waals surface area contributed by atoms with Gasteiger partial charge in [0.1, 0.15) is 0 Å². The number of rotatable bonds is 5. The summed E-state index contributed by atoms with van der Waals surface area (Å²) in [6, 6.07) is 5.03. The van der Waals surface area contributed by atoms with Crippen LogP contribution in [0.2, 0.25) is 5.02 Å². The molecule has 1 aliphatic carbocycles. The van der Waals surface area contributed by atoms with Crippen molar-refractivity contribution >= 4 is 27.5 Å². The third-order valence-corrected chi connectivity index (χ3v) is 7.41. The molecule has 8 heteroatoms. The summed E-state index contributed by atoms with van der Waals surface area (Å²) in [6.07, 6.45) is 2.12. The fourth-order valence-corrected chi connectivity index (χ4v) is 4.95. The van der Waals surface area contributed by atoms with Crippen LogP contribution in [0.15, 0.2) is 23.1 Å². The first-order valence-corrected chi connectivity index (χ1v) is 10.4. The number of hydrogen-bond donors (Lipinski definition) is 1. The SMILES string of the molecule is Cc1c(Cl)cccc1S(=O)(=O)N1CCN(C(C)C(=O)NC2CC2)CC1. The van der Waals surface area contributed by atoms with Gasteiger partial charge in [-0.2, -0.15) is 4.31 Å². The Morgan fingerprint density at radius 2 is 1.88 bits per heavy atom. The first kappa shape index (κ1) is 18.6. The van der Waals surface area contributed by atoms with Crippen LogP contribution in [0, 0.1) is 6.92 Å². The van der Waals surface area contributed by atoms with E-state index in [0.29, 0.717) is 42.8 Å². The second-order valence-corrected chi connectivity index (χ2v) is 9.08. The van der Waals surface area contributed by atoms with Crippen LogP contribution in [0.1, 0.15) is 25.3 Å². The Kier molecular flexibility index (Phi) is 5.39. The summed E-state index contributed by atoms with van der Waals surface area (Å²) in [5, 5.41) is 3.45. The van der Waals surface area contributed by atoms with E-state index < -0.39 is 10.0 Å². The Labute approximate surface area is 154 Å². The van der Waals surface area contributed by atoms with Gasteiger partial charge in [0.2, 0.25) is 15.9 Å². The zero-order valence-electron chi connectivity index (χ0n) is 14.5. The van der Waals surface area contributed by atoms with Crippen molar-refractivity contribution in [1.29, 1.82) is 0 Å². The average molecular weight is 386 g/mol. The summed E-state index contributed by atoms with van der Waals surface area (Å²) in [7, 11) is -3.57. The van der Waals surface area contributed by atoms with Gasteiger partial charge in [-0.1, -0.05) is 17.7 Å². The van der Waals surface area contributed by atoms with Gasteiger partial charge in [-0.05, 0) is 44.4 Å². The highest BCUT2D eigenvalue weighted by Crippen LogP contribution is 2.26. The van der Waals surface area contributed by atoms with Crippen LogP contribution in [0.4, 0.5) is 0 Å². The first-order valence-electron chi connectivity index (χ1n) is 8.60. The van der Waals surface area contributed by atoms with Crippen molar-refractivity contribution in [2.24, 2.45) is 0 Å². The summed E-state index contributed by atoms with van der Waals surface area (Å²) in [4.78, 5) is 14.5. The summed E-state index contributed by atoms with van der Waals surface area (Å²) in [6.45, 7) is 5.42. The molecule has 1 aromatic rings. The maximum absolute atomic E-state index is 12.9. The number of nitrogens with zero attached hydrogens (tertiary/aromatic N) is 2. The highest BCUT2D eigenvalue weighted by Gasteiger charge is 2.34. The predicted octanol–water partition coefficient (Wildman–Crippen LogP) is 1.62. The van der Waals surface area contributed by atoms with Crippen LogP contribution in [-0.4, -0.2) is 61.8 Å². The van der Waals surface area contributed by atoms with Crippen molar-refractivity contribution in [1.82, 2.24) is 14.5 Å². The largest absolute Gasteiger partial charge is 0.352 e. The second-order valence-electron chi connectivity index (χ2n) is 6.76. The van der Waals surface area contributed by atoms with Gasteiger partial charge in [-0.25, -0.2) is 8.42 Å². The lowest BCUT2D eigenvalue weighted by Gasteiger charge is -2.37. The minimum Gasteiger partial charge on any atom is -0.352 e. The monoisotopic (exact) mass is 385 g/mol. The van der Waals surface area contributed by atoms with Crippen LogP contribution in [0.5, 0.6) is 0 Å². The van der Waals surface area contributed by atoms with Gasteiger partial charge in [0.15, 0.2) is 0 Å². The van der Waals surface area contributed by atoms with Gasteiger partial charge in [0, 0.05) is 37.2 Å². The minimum atomic E-state index is -3.57. The quantitative estimate of drug-likeness (QED) is 0.836. The van der Waals surface area contributed by atoms with Gasteiger partial charge in [-0.3, -0.25) is 9.69 Å². The number of sulfonamides is 1. The average Bonchev–Trinajstić information content (AvgIpc) is 3.40. The number of carbonyl (C=O) groups excluding carboxylic acids is 1. The molecule has 1 aromatic carbocycles. The normalized spacial score (nSPS) is 21.1. The van der Waals surface area contributed by atoms with E-state index in [9.17, 15) is 13.2 Å². The highest BCUT2D eigenvalue weighted by molar-refractivity contribution is 7.89. The molecule has 6 nitrogen and oxygen atoms in total. The third-order valence-electron chi connectivity index (χ3n) is 4.96. The molecule has 1 saturated carbocycles. The van der Waals surface area contributed by atoms with Crippen LogP contribution in [0.3, 0.4) is 0 Å². The molecular formula is C17H24ClN3O3S. The van der Waals surface area contributed by atoms with E-state index in [0.717, 1.165) is 12.8 Å². The molecule has 0 aromatic heterocycles. The molecule has 0 radical (unpaired) electrons. The van der Waals surface area contributed by atoms with Crippen LogP contribution in [-0.2, 0) is 14.8 Å². The number of nitrogens with one attached hydrogen (secondary N) is 1. The lowest BCUT2D eigenvalue weighted by Crippen LogP contribution is -2.55. The Morgan fingerprint density at radius 1 is 1.24 bits per heavy atom. The second kappa shape index (κ2) is 7.23. The molecule has 2 aliphatic rings. The lowest BCUT2D eigenvalue weighted by atomic mass is 10.2. The van der Waals surface area contributed by atoms with E-state index >= 15 is 0 Å². The third kappa shape index (κ3) is 4.00. The van der Waals surface area contributed by atoms with Gasteiger partial charge in [-0.15, -0.1) is 0 Å². The van der Waals surface area contributed by atoms with Gasteiger partial charge in [0.25, 0.3) is 0 Å². The van der Waals surface area contributed by atoms with E-state index in [1.165, 1.54) is 4.31 Å². The summed E-state index contributed by atoms with van der Waals surface area (Å²) < 4.78 is 27.3. The van der Waals surface area contributed by atoms with E-state index in [-0.39, 0.29) is 16.8 Å². The fraction of sp³-hybridized carbons (Fsp3) is 0.588. The summed E-state index contributed by atoms with van der Waals surface area (Å²) in [5.41, 5.74) is 0.573. The molecule has 2 fully saturated rings. The van der Waals surface area contributed by atoms with Crippen molar-refractivity contribution in [3.63, 3.8) is 0 Å². The number of amides is 1. The van der Waals surface area contributed by atoms with Gasteiger partial charge in [0.05, 0.1) is 10.9 Å². The highest BCUT2D eigenvalue weighted by atomic mass is 35.5. The van der Waals surface area contributed by atoms with E-state index in [1.54, 1.807) is 25.1 Å². The summed E-state index contributed by atoms with van der Waals surface area (Å²) >= 11 is 6.07. The number of halogens is 1. The predicted molar refractivity (Wildman–Crippen MR) is 97.1 cm³/mol. The Balaban J connectivity index is 1.65. The molecule has 3 rings (SSSR count). The molecule has 1 saturated heterocycles. The van der Waals surface area contributed by atoms with E-state index in [1.807, 2.05) is 11.8 Å². The molecule has 1 atom stereocenters. The Hall–Kier alpha value is -1.15. The van der Waals surface area contributed by atoms with Crippen molar-refractivity contribution in [2.45, 2.75) is 43.7 Å². The standard InChI is InChI=1S/C17H24ClN3O3S/c1-12-15(18)4-3-5-16(12)25(23,24)21-10-8-20(9-11-21)13(2)17(22)19-14-6-7-14/h3-5,13-14H,6-11H2,1-2H3,(H,19,22). The Morgan fingerprint density at radius 3 is 2.48 bits per heavy atom. The van der Waals surface area contributed by atoms with E-state index in [4.69, 9.17) is 11.6 Å². The molecular weight excluding hydrogens is 362 g/mol. The molecule has 1 aliphatic heterocycles. The molecule has 0 spiro atoms. The molecule has 138 valence electrons. The number of piperazine rings is 1. The van der Waals surface area contributed by atoms with E-state index in [2.05, 4.69) is 5.32 Å². The van der Waals surface area contributed by atoms with Crippen molar-refractivity contribution in [3.05, 3.63) is 28.8 Å². The van der Waals surface area contributed by atoms with Gasteiger partial charge < -0.3 is 5.32 Å². The lowest BCUT2D eigenvalue weighted by molar-refractivity contribution is -0.126. The number of benzene rings is 1. The van der Waals surface area contributed by atoms with Crippen molar-refractivity contribution in [3.8, 4) is 0 Å². The van der Waals surface area contributed by atoms with Crippen LogP contribution >= 0.6 is 11.6 Å². The minimum absolute atomic E-state index is 0.0319. The van der Waals surface area contributed by atoms with Crippen LogP contribution in [0.25, 0.3) is 0 Å². The molecule has 25 heavy (non-hydrogen) atoms. The maximum Gasteiger partial charge on any atom is 0.243 e. The molecule has 1 amide bonds. The topological polar surface area (TPSA) is 69.7 Å². The molecule has 1 unspecified atom stereocenters. The van der Waals surface area contributed by atoms with Gasteiger partial charge >= 0.3 is 0 Å². The maximum atomic E-state index is 12.9. The molecule has 0 bridgehead atoms. The first-order chi connectivity index (χ1) is 11.8. The van der Waals surface area contributed by atoms with Crippen LogP contribution < -0.4 is 5.32 Å². The van der Waals surface area contributed by atoms with Crippen molar-refractivity contribution < 1.29 is 13.2 Å². The van der Waals surface area contributed by atoms with Crippen molar-refractivity contribution in [2.75, 3.05) is 26.2 Å². The fourth-order valence-electron chi connectivity index (χ4n) is 3.05. The zero-order chi connectivity index (χ0) is 18.2. The zero-order valence-corrected chi connectivity index (χ0v) is 16.1. The number of carbonyl (C=O) groups is 1. The smallest absolute Gasteiger partial charge is 0.243 e. The molecule has 1 N–H and O–H groups in total. The summed E-state index contributed by atoms with van der Waals surface area (Å²) in [5.74, 6) is 0.0319.